The van der Waals surface area contributed by atoms with Crippen LogP contribution in [0.4, 0.5) is 0 Å². The van der Waals surface area contributed by atoms with Crippen molar-refractivity contribution in [2.24, 2.45) is 5.73 Å². The standard InChI is InChI=1S/C39H59N3O2/c1-10-18-41-19-14-20-42(23-22-41)21-17-37(44-33(8)36-24-29(4)30(5)39(27-36)43-9)16-13-12-15-34-25-35(28(3)11-2)26-38(31(34)6)32(7)40/h24-27,37H,3,7-8,10-23,40H2,1-2,4-6,9H3. The van der Waals surface area contributed by atoms with Crippen molar-refractivity contribution in [3.05, 3.63) is 82.9 Å². The van der Waals surface area contributed by atoms with Crippen LogP contribution in [0, 0.1) is 20.8 Å². The van der Waals surface area contributed by atoms with E-state index in [4.69, 9.17) is 15.2 Å². The van der Waals surface area contributed by atoms with Crippen LogP contribution >= 0.6 is 0 Å². The maximum absolute atomic E-state index is 6.68. The van der Waals surface area contributed by atoms with Crippen LogP contribution < -0.4 is 10.5 Å². The molecule has 2 aromatic carbocycles. The van der Waals surface area contributed by atoms with Gasteiger partial charge in [-0.3, -0.25) is 0 Å². The number of hydrogen-bond acceptors (Lipinski definition) is 5. The van der Waals surface area contributed by atoms with Gasteiger partial charge >= 0.3 is 0 Å². The highest BCUT2D eigenvalue weighted by Gasteiger charge is 2.19. The third-order valence-electron chi connectivity index (χ3n) is 9.38. The largest absolute Gasteiger partial charge is 0.496 e. The molecular weight excluding hydrogens is 542 g/mol. The number of unbranched alkanes of at least 4 members (excludes halogenated alkanes) is 1. The lowest BCUT2D eigenvalue weighted by molar-refractivity contribution is 0.126. The summed E-state index contributed by atoms with van der Waals surface area (Å²) in [6.07, 6.45) is 8.64. The second-order valence-electron chi connectivity index (χ2n) is 12.6. The molecular formula is C39H59N3O2. The number of nitrogens with two attached hydrogens (primary N) is 1. The summed E-state index contributed by atoms with van der Waals surface area (Å²) in [5, 5.41) is 0. The minimum Gasteiger partial charge on any atom is -0.496 e. The molecule has 2 N–H and O–H groups in total. The quantitative estimate of drug-likeness (QED) is 0.145. The summed E-state index contributed by atoms with van der Waals surface area (Å²) in [7, 11) is 1.72. The molecule has 1 aliphatic rings. The van der Waals surface area contributed by atoms with Gasteiger partial charge in [-0.15, -0.1) is 0 Å². The maximum Gasteiger partial charge on any atom is 0.122 e. The van der Waals surface area contributed by atoms with E-state index < -0.39 is 0 Å². The Morgan fingerprint density at radius 2 is 1.57 bits per heavy atom. The summed E-state index contributed by atoms with van der Waals surface area (Å²) in [5.41, 5.74) is 16.1. The molecule has 1 heterocycles. The van der Waals surface area contributed by atoms with E-state index in [2.05, 4.69) is 88.4 Å². The Bertz CT molecular complexity index is 1280. The van der Waals surface area contributed by atoms with Crippen molar-refractivity contribution in [3.63, 3.8) is 0 Å². The molecule has 0 aliphatic carbocycles. The van der Waals surface area contributed by atoms with Crippen LogP contribution in [-0.4, -0.2) is 62.3 Å². The first-order chi connectivity index (χ1) is 21.1. The lowest BCUT2D eigenvalue weighted by atomic mass is 9.91. The van der Waals surface area contributed by atoms with Crippen molar-refractivity contribution in [1.82, 2.24) is 9.80 Å². The van der Waals surface area contributed by atoms with Gasteiger partial charge in [-0.1, -0.05) is 39.7 Å². The Hall–Kier alpha value is -3.02. The number of allylic oxidation sites excluding steroid dienone is 1. The fourth-order valence-corrected chi connectivity index (χ4v) is 6.31. The lowest BCUT2D eigenvalue weighted by Crippen LogP contribution is -2.33. The normalized spacial score (nSPS) is 15.0. The van der Waals surface area contributed by atoms with Crippen LogP contribution in [0.25, 0.3) is 17.0 Å². The number of hydrogen-bond donors (Lipinski definition) is 1. The summed E-state index contributed by atoms with van der Waals surface area (Å²) in [6, 6.07) is 8.67. The van der Waals surface area contributed by atoms with Crippen LogP contribution in [-0.2, 0) is 11.2 Å². The molecule has 0 bridgehead atoms. The van der Waals surface area contributed by atoms with E-state index in [1.165, 1.54) is 48.2 Å². The molecule has 1 unspecified atom stereocenters. The van der Waals surface area contributed by atoms with Crippen molar-refractivity contribution in [1.29, 1.82) is 0 Å². The molecule has 1 atom stereocenters. The van der Waals surface area contributed by atoms with Gasteiger partial charge in [0.25, 0.3) is 0 Å². The third kappa shape index (κ3) is 10.0. The van der Waals surface area contributed by atoms with Gasteiger partial charge in [-0.25, -0.2) is 0 Å². The molecule has 1 fully saturated rings. The number of ether oxygens (including phenoxy) is 2. The van der Waals surface area contributed by atoms with E-state index in [1.807, 2.05) is 0 Å². The Labute approximate surface area is 268 Å². The molecule has 0 radical (unpaired) electrons. The van der Waals surface area contributed by atoms with E-state index >= 15 is 0 Å². The topological polar surface area (TPSA) is 51.0 Å². The van der Waals surface area contributed by atoms with Crippen molar-refractivity contribution in [3.8, 4) is 5.75 Å². The number of rotatable bonds is 17. The first-order valence-electron chi connectivity index (χ1n) is 16.8. The predicted octanol–water partition coefficient (Wildman–Crippen LogP) is 8.55. The molecule has 5 heteroatoms. The Balaban J connectivity index is 1.70. The summed E-state index contributed by atoms with van der Waals surface area (Å²) >= 11 is 0. The van der Waals surface area contributed by atoms with Crippen molar-refractivity contribution in [2.75, 3.05) is 46.4 Å². The smallest absolute Gasteiger partial charge is 0.122 e. The van der Waals surface area contributed by atoms with E-state index in [-0.39, 0.29) is 6.10 Å². The molecule has 1 aliphatic heterocycles. The zero-order valence-electron chi connectivity index (χ0n) is 28.7. The van der Waals surface area contributed by atoms with Crippen molar-refractivity contribution >= 4 is 17.0 Å². The van der Waals surface area contributed by atoms with E-state index in [0.717, 1.165) is 98.5 Å². The Morgan fingerprint density at radius 1 is 0.864 bits per heavy atom. The number of aryl methyl sites for hydroxylation is 2. The summed E-state index contributed by atoms with van der Waals surface area (Å²) in [4.78, 5) is 5.24. The molecule has 3 rings (SSSR count). The highest BCUT2D eigenvalue weighted by molar-refractivity contribution is 5.72. The first kappa shape index (κ1) is 35.5. The van der Waals surface area contributed by atoms with Gasteiger partial charge in [0.1, 0.15) is 11.5 Å². The van der Waals surface area contributed by atoms with Crippen LogP contribution in [0.3, 0.4) is 0 Å². The second kappa shape index (κ2) is 17.5. The Kier molecular flexibility index (Phi) is 14.1. The van der Waals surface area contributed by atoms with Gasteiger partial charge in [0.05, 0.1) is 13.2 Å². The fraction of sp³-hybridized carbons (Fsp3) is 0.538. The average molecular weight is 602 g/mol. The van der Waals surface area contributed by atoms with Crippen LogP contribution in [0.1, 0.15) is 97.7 Å². The molecule has 2 aromatic rings. The molecule has 5 nitrogen and oxygen atoms in total. The first-order valence-corrected chi connectivity index (χ1v) is 16.8. The van der Waals surface area contributed by atoms with Crippen LogP contribution in [0.15, 0.2) is 44.0 Å². The minimum atomic E-state index is 0.108. The van der Waals surface area contributed by atoms with Gasteiger partial charge in [-0.2, -0.15) is 0 Å². The lowest BCUT2D eigenvalue weighted by Gasteiger charge is -2.26. The predicted molar refractivity (Wildman–Crippen MR) is 190 cm³/mol. The van der Waals surface area contributed by atoms with Crippen LogP contribution in [0.2, 0.25) is 0 Å². The molecule has 0 aromatic heterocycles. The SMILES string of the molecule is C=C(CC)c1cc(CCCCC(CCN2CCCN(CCC)CC2)OC(=C)c2cc(C)c(C)c(OC)c2)c(C)c(C(=C)N)c1. The number of methoxy groups -OCH3 is 1. The van der Waals surface area contributed by atoms with Crippen LogP contribution in [0.5, 0.6) is 5.75 Å². The average Bonchev–Trinajstić information content (AvgIpc) is 3.24. The zero-order chi connectivity index (χ0) is 32.2. The van der Waals surface area contributed by atoms with Gasteiger partial charge in [0.2, 0.25) is 0 Å². The number of nitrogens with zero attached hydrogens (tertiary/aromatic N) is 2. The van der Waals surface area contributed by atoms with Crippen molar-refractivity contribution < 1.29 is 9.47 Å². The van der Waals surface area contributed by atoms with Crippen molar-refractivity contribution in [2.45, 2.75) is 92.1 Å². The van der Waals surface area contributed by atoms with Gasteiger partial charge in [-0.05, 0) is 143 Å². The zero-order valence-corrected chi connectivity index (χ0v) is 28.7. The summed E-state index contributed by atoms with van der Waals surface area (Å²) in [5.74, 6) is 1.61. The second-order valence-corrected chi connectivity index (χ2v) is 12.6. The summed E-state index contributed by atoms with van der Waals surface area (Å²) < 4.78 is 12.3. The van der Waals surface area contributed by atoms with Gasteiger partial charge < -0.3 is 25.0 Å². The van der Waals surface area contributed by atoms with E-state index in [1.54, 1.807) is 7.11 Å². The monoisotopic (exact) mass is 601 g/mol. The van der Waals surface area contributed by atoms with E-state index in [9.17, 15) is 0 Å². The summed E-state index contributed by atoms with van der Waals surface area (Å²) in [6.45, 7) is 30.4. The molecule has 1 saturated heterocycles. The van der Waals surface area contributed by atoms with Gasteiger partial charge in [0, 0.05) is 36.5 Å². The van der Waals surface area contributed by atoms with Gasteiger partial charge in [0.15, 0.2) is 0 Å². The highest BCUT2D eigenvalue weighted by Crippen LogP contribution is 2.30. The number of benzene rings is 2. The molecule has 242 valence electrons. The minimum absolute atomic E-state index is 0.108. The third-order valence-corrected chi connectivity index (χ3v) is 9.38. The molecule has 0 saturated carbocycles. The maximum atomic E-state index is 6.68. The molecule has 0 spiro atoms. The fourth-order valence-electron chi connectivity index (χ4n) is 6.31. The Morgan fingerprint density at radius 3 is 2.20 bits per heavy atom. The van der Waals surface area contributed by atoms with E-state index in [0.29, 0.717) is 5.70 Å². The molecule has 44 heavy (non-hydrogen) atoms. The highest BCUT2D eigenvalue weighted by atomic mass is 16.5. The molecule has 0 amide bonds.